The summed E-state index contributed by atoms with van der Waals surface area (Å²) in [6.45, 7) is -3.89. The molecule has 0 aromatic heterocycles. The van der Waals surface area contributed by atoms with E-state index in [1.54, 1.807) is 0 Å². The smallest absolute Gasteiger partial charge is 0.416 e. The number of hydrogen-bond donors (Lipinski definition) is 1. The lowest BCUT2D eigenvalue weighted by atomic mass is 9.92. The van der Waals surface area contributed by atoms with E-state index < -0.39 is 42.6 Å². The highest BCUT2D eigenvalue weighted by molar-refractivity contribution is 5.88. The molecule has 0 bridgehead atoms. The van der Waals surface area contributed by atoms with Gasteiger partial charge in [0.05, 0.1) is 30.3 Å². The number of carbonyl (C=O) groups is 1. The number of benzene rings is 2. The highest BCUT2D eigenvalue weighted by Crippen LogP contribution is 2.42. The van der Waals surface area contributed by atoms with Crippen molar-refractivity contribution in [2.45, 2.75) is 30.9 Å². The van der Waals surface area contributed by atoms with Gasteiger partial charge in [-0.25, -0.2) is 9.18 Å². The van der Waals surface area contributed by atoms with Gasteiger partial charge in [-0.05, 0) is 42.0 Å². The molecule has 1 fully saturated rings. The molecule has 0 spiro atoms. The van der Waals surface area contributed by atoms with E-state index in [-0.39, 0.29) is 24.1 Å². The summed E-state index contributed by atoms with van der Waals surface area (Å²) >= 11 is 0. The number of aromatic carboxylic acids is 1. The van der Waals surface area contributed by atoms with Gasteiger partial charge in [-0.15, -0.1) is 0 Å². The Morgan fingerprint density at radius 1 is 1.13 bits per heavy atom. The maximum atomic E-state index is 15.7. The van der Waals surface area contributed by atoms with E-state index in [2.05, 4.69) is 4.74 Å². The van der Waals surface area contributed by atoms with Gasteiger partial charge >= 0.3 is 18.8 Å². The fraction of sp³-hybridized carbons (Fsp3) is 0.350. The van der Waals surface area contributed by atoms with Crippen molar-refractivity contribution in [3.05, 3.63) is 65.2 Å². The maximum absolute atomic E-state index is 15.7. The Balaban J connectivity index is 1.89. The Morgan fingerprint density at radius 3 is 2.23 bits per heavy atom. The topological polar surface area (TPSA) is 49.8 Å². The van der Waals surface area contributed by atoms with Crippen LogP contribution in [0.5, 0.6) is 0 Å². The molecule has 2 atom stereocenters. The van der Waals surface area contributed by atoms with E-state index in [9.17, 15) is 26.7 Å². The zero-order valence-corrected chi connectivity index (χ0v) is 15.4. The molecule has 0 radical (unpaired) electrons. The van der Waals surface area contributed by atoms with E-state index >= 15 is 4.39 Å². The summed E-state index contributed by atoms with van der Waals surface area (Å²) in [7, 11) is 0. The van der Waals surface area contributed by atoms with Crippen molar-refractivity contribution in [1.82, 2.24) is 0 Å². The van der Waals surface area contributed by atoms with Crippen molar-refractivity contribution in [2.75, 3.05) is 18.1 Å². The lowest BCUT2D eigenvalue weighted by Gasteiger charge is -2.26. The third-order valence-electron chi connectivity index (χ3n) is 5.01. The first-order chi connectivity index (χ1) is 14.0. The molecule has 3 rings (SSSR count). The largest absolute Gasteiger partial charge is 0.478 e. The zero-order valence-electron chi connectivity index (χ0n) is 15.4. The molecule has 0 saturated carbocycles. The van der Waals surface area contributed by atoms with Gasteiger partial charge in [0.25, 0.3) is 0 Å². The number of hydrogen-bond acceptors (Lipinski definition) is 3. The fourth-order valence-corrected chi connectivity index (χ4v) is 3.54. The highest BCUT2D eigenvalue weighted by atomic mass is 19.4. The minimum atomic E-state index is -4.57. The summed E-state index contributed by atoms with van der Waals surface area (Å²) in [5, 5.41) is 8.99. The minimum absolute atomic E-state index is 0.00687. The third-order valence-corrected chi connectivity index (χ3v) is 5.01. The van der Waals surface area contributed by atoms with Gasteiger partial charge in [-0.3, -0.25) is 0 Å². The van der Waals surface area contributed by atoms with E-state index in [1.165, 1.54) is 29.2 Å². The second-order valence-electron chi connectivity index (χ2n) is 6.97. The molecule has 0 aliphatic carbocycles. The lowest BCUT2D eigenvalue weighted by molar-refractivity contribution is -0.137. The Kier molecular flexibility index (Phi) is 5.98. The SMILES string of the molecule is O=C(O)c1ccc(N2CC(F)(c3ccc(C(F)(F)F)cc3)CC2COC(F)F)cc1. The van der Waals surface area contributed by atoms with Gasteiger partial charge in [0.15, 0.2) is 5.67 Å². The molecule has 0 amide bonds. The van der Waals surface area contributed by atoms with E-state index in [4.69, 9.17) is 5.11 Å². The fourth-order valence-electron chi connectivity index (χ4n) is 3.54. The molecule has 10 heteroatoms. The summed E-state index contributed by atoms with van der Waals surface area (Å²) in [6, 6.07) is 8.18. The predicted octanol–water partition coefficient (Wildman–Crippen LogP) is 5.09. The Labute approximate surface area is 167 Å². The molecule has 162 valence electrons. The second kappa shape index (κ2) is 8.17. The second-order valence-corrected chi connectivity index (χ2v) is 6.97. The number of carboxylic acids is 1. The van der Waals surface area contributed by atoms with Crippen LogP contribution in [0, 0.1) is 0 Å². The van der Waals surface area contributed by atoms with Crippen LogP contribution in [-0.2, 0) is 16.6 Å². The number of halogens is 6. The molecule has 1 aliphatic rings. The first-order valence-electron chi connectivity index (χ1n) is 8.86. The number of rotatable bonds is 6. The van der Waals surface area contributed by atoms with Crippen molar-refractivity contribution in [3.63, 3.8) is 0 Å². The quantitative estimate of drug-likeness (QED) is 0.645. The zero-order chi connectivity index (χ0) is 22.1. The average Bonchev–Trinajstić information content (AvgIpc) is 3.04. The molecule has 1 saturated heterocycles. The summed E-state index contributed by atoms with van der Waals surface area (Å²) in [5.74, 6) is -1.16. The van der Waals surface area contributed by atoms with E-state index in [0.717, 1.165) is 24.3 Å². The number of carboxylic acid groups (broad SMARTS) is 1. The molecular formula is C20H17F6NO3. The van der Waals surface area contributed by atoms with Gasteiger partial charge in [0, 0.05) is 12.1 Å². The Morgan fingerprint density at radius 2 is 1.73 bits per heavy atom. The van der Waals surface area contributed by atoms with Crippen LogP contribution >= 0.6 is 0 Å². The third kappa shape index (κ3) is 4.69. The normalized spacial score (nSPS) is 22.0. The Bertz CT molecular complexity index is 885. The van der Waals surface area contributed by atoms with E-state index in [1.807, 2.05) is 0 Å². The van der Waals surface area contributed by atoms with Crippen molar-refractivity contribution >= 4 is 11.7 Å². The van der Waals surface area contributed by atoms with Crippen LogP contribution in [0.1, 0.15) is 27.9 Å². The molecule has 2 aromatic carbocycles. The van der Waals surface area contributed by atoms with Gasteiger partial charge in [-0.2, -0.15) is 22.0 Å². The summed E-state index contributed by atoms with van der Waals surface area (Å²) in [6.07, 6.45) is -4.85. The molecule has 4 nitrogen and oxygen atoms in total. The Hall–Kier alpha value is -2.75. The number of anilines is 1. The van der Waals surface area contributed by atoms with Crippen molar-refractivity contribution in [3.8, 4) is 0 Å². The number of alkyl halides is 6. The van der Waals surface area contributed by atoms with Crippen LogP contribution in [-0.4, -0.2) is 36.9 Å². The first kappa shape index (κ1) is 21.9. The molecule has 2 unspecified atom stereocenters. The highest BCUT2D eigenvalue weighted by Gasteiger charge is 2.46. The average molecular weight is 433 g/mol. The van der Waals surface area contributed by atoms with Gasteiger partial charge < -0.3 is 14.7 Å². The van der Waals surface area contributed by atoms with Crippen LogP contribution in [0.4, 0.5) is 32.0 Å². The van der Waals surface area contributed by atoms with Crippen LogP contribution in [0.25, 0.3) is 0 Å². The summed E-state index contributed by atoms with van der Waals surface area (Å²) in [5.41, 5.74) is -2.67. The minimum Gasteiger partial charge on any atom is -0.478 e. The molecule has 1 N–H and O–H groups in total. The van der Waals surface area contributed by atoms with Gasteiger partial charge in [0.1, 0.15) is 0 Å². The standard InChI is InChI=1S/C20H17F6NO3/c21-18(22)30-10-16-9-19(23,13-3-5-14(6-4-13)20(24,25)26)11-27(16)15-7-1-12(2-8-15)17(28)29/h1-8,16,18H,9-11H2,(H,28,29). The molecule has 1 aliphatic heterocycles. The van der Waals surface area contributed by atoms with Crippen molar-refractivity contribution in [1.29, 1.82) is 0 Å². The number of nitrogens with zero attached hydrogens (tertiary/aromatic N) is 1. The van der Waals surface area contributed by atoms with Crippen molar-refractivity contribution < 1.29 is 41.0 Å². The maximum Gasteiger partial charge on any atom is 0.416 e. The van der Waals surface area contributed by atoms with Gasteiger partial charge in [0.2, 0.25) is 0 Å². The van der Waals surface area contributed by atoms with Crippen LogP contribution < -0.4 is 4.90 Å². The van der Waals surface area contributed by atoms with E-state index in [0.29, 0.717) is 5.69 Å². The molecule has 30 heavy (non-hydrogen) atoms. The van der Waals surface area contributed by atoms with Crippen LogP contribution in [0.3, 0.4) is 0 Å². The number of ether oxygens (including phenoxy) is 1. The lowest BCUT2D eigenvalue weighted by Crippen LogP contribution is -2.34. The predicted molar refractivity (Wildman–Crippen MR) is 95.3 cm³/mol. The molecular weight excluding hydrogens is 416 g/mol. The van der Waals surface area contributed by atoms with Crippen LogP contribution in [0.2, 0.25) is 0 Å². The van der Waals surface area contributed by atoms with Crippen molar-refractivity contribution in [2.24, 2.45) is 0 Å². The summed E-state index contributed by atoms with van der Waals surface area (Å²) < 4.78 is 83.4. The molecule has 2 aromatic rings. The van der Waals surface area contributed by atoms with Gasteiger partial charge in [-0.1, -0.05) is 12.1 Å². The summed E-state index contributed by atoms with van der Waals surface area (Å²) in [4.78, 5) is 12.5. The van der Waals surface area contributed by atoms with Crippen LogP contribution in [0.15, 0.2) is 48.5 Å². The molecule has 1 heterocycles. The first-order valence-corrected chi connectivity index (χ1v) is 8.86. The monoisotopic (exact) mass is 433 g/mol.